The second kappa shape index (κ2) is 9.52. The predicted octanol–water partition coefficient (Wildman–Crippen LogP) is 2.40. The Balaban J connectivity index is 1.42. The van der Waals surface area contributed by atoms with Gasteiger partial charge in [-0.05, 0) is 44.1 Å². The third-order valence-corrected chi connectivity index (χ3v) is 8.01. The van der Waals surface area contributed by atoms with E-state index in [4.69, 9.17) is 4.74 Å². The first kappa shape index (κ1) is 21.4. The molecule has 3 heterocycles. The summed E-state index contributed by atoms with van der Waals surface area (Å²) in [5.41, 5.74) is 1.23. The molecule has 2 fully saturated rings. The lowest BCUT2D eigenvalue weighted by Crippen LogP contribution is -2.40. The molecule has 2 aliphatic rings. The van der Waals surface area contributed by atoms with Gasteiger partial charge in [-0.25, -0.2) is 13.4 Å². The van der Waals surface area contributed by atoms with Crippen LogP contribution < -0.4 is 5.32 Å². The first-order chi connectivity index (χ1) is 14.5. The fraction of sp³-hybridized carbons (Fsp3) is 0.500. The Morgan fingerprint density at radius 1 is 1.13 bits per heavy atom. The summed E-state index contributed by atoms with van der Waals surface area (Å²) in [5, 5.41) is 5.28. The molecule has 0 aliphatic carbocycles. The molecule has 10 heteroatoms. The molecule has 0 bridgehead atoms. The molecule has 1 amide bonds. The van der Waals surface area contributed by atoms with Crippen LogP contribution in [0.5, 0.6) is 0 Å². The number of carbonyl (C=O) groups excluding carboxylic acids is 1. The maximum atomic E-state index is 12.8. The number of morpholine rings is 1. The lowest BCUT2D eigenvalue weighted by Gasteiger charge is -2.26. The van der Waals surface area contributed by atoms with Crippen molar-refractivity contribution in [1.82, 2.24) is 14.2 Å². The molecule has 4 rings (SSSR count). The van der Waals surface area contributed by atoms with Gasteiger partial charge in [-0.1, -0.05) is 12.5 Å². The van der Waals surface area contributed by atoms with Crippen molar-refractivity contribution in [2.45, 2.75) is 30.7 Å². The summed E-state index contributed by atoms with van der Waals surface area (Å²) in [6.07, 6.45) is 3.73. The Morgan fingerprint density at radius 3 is 2.67 bits per heavy atom. The summed E-state index contributed by atoms with van der Waals surface area (Å²) >= 11 is 1.38. The van der Waals surface area contributed by atoms with Crippen LogP contribution in [-0.4, -0.2) is 67.9 Å². The highest BCUT2D eigenvalue weighted by Crippen LogP contribution is 2.21. The second-order valence-corrected chi connectivity index (χ2v) is 10.3. The Kier molecular flexibility index (Phi) is 6.79. The first-order valence-corrected chi connectivity index (χ1v) is 12.5. The summed E-state index contributed by atoms with van der Waals surface area (Å²) in [4.78, 5) is 19.7. The van der Waals surface area contributed by atoms with Crippen LogP contribution in [0.4, 0.5) is 5.13 Å². The van der Waals surface area contributed by atoms with E-state index in [0.29, 0.717) is 31.4 Å². The molecule has 1 aromatic carbocycles. The Morgan fingerprint density at radius 2 is 1.90 bits per heavy atom. The van der Waals surface area contributed by atoms with E-state index in [0.717, 1.165) is 25.3 Å². The number of piperidine rings is 1. The van der Waals surface area contributed by atoms with Crippen LogP contribution >= 0.6 is 11.3 Å². The number of ether oxygens (including phenoxy) is 1. The van der Waals surface area contributed by atoms with Gasteiger partial charge in [-0.15, -0.1) is 11.3 Å². The van der Waals surface area contributed by atoms with Crippen LogP contribution in [0.1, 0.15) is 35.3 Å². The molecule has 1 aromatic heterocycles. The number of sulfonamides is 1. The highest BCUT2D eigenvalue weighted by Gasteiger charge is 2.27. The van der Waals surface area contributed by atoms with E-state index in [1.54, 1.807) is 12.1 Å². The number of hydrogen-bond donors (Lipinski definition) is 1. The van der Waals surface area contributed by atoms with Crippen LogP contribution in [0, 0.1) is 0 Å². The average molecular weight is 451 g/mol. The molecule has 0 unspecified atom stereocenters. The van der Waals surface area contributed by atoms with Crippen molar-refractivity contribution in [3.05, 3.63) is 40.9 Å². The number of aromatic nitrogens is 1. The smallest absolute Gasteiger partial charge is 0.257 e. The second-order valence-electron chi connectivity index (χ2n) is 7.48. The summed E-state index contributed by atoms with van der Waals surface area (Å²) < 4.78 is 32.3. The molecule has 0 radical (unpaired) electrons. The molecule has 0 spiro atoms. The van der Waals surface area contributed by atoms with E-state index >= 15 is 0 Å². The maximum Gasteiger partial charge on any atom is 0.257 e. The zero-order valence-corrected chi connectivity index (χ0v) is 18.4. The van der Waals surface area contributed by atoms with Gasteiger partial charge in [-0.3, -0.25) is 15.0 Å². The number of thiazole rings is 1. The number of hydrogen-bond acceptors (Lipinski definition) is 7. The number of rotatable bonds is 6. The normalized spacial score (nSPS) is 18.9. The van der Waals surface area contributed by atoms with E-state index in [1.807, 2.05) is 5.38 Å². The van der Waals surface area contributed by atoms with Crippen molar-refractivity contribution in [3.63, 3.8) is 0 Å². The van der Waals surface area contributed by atoms with E-state index in [9.17, 15) is 13.2 Å². The molecule has 1 N–H and O–H groups in total. The van der Waals surface area contributed by atoms with E-state index in [1.165, 1.54) is 47.0 Å². The van der Waals surface area contributed by atoms with Crippen molar-refractivity contribution in [2.24, 2.45) is 0 Å². The molecule has 0 atom stereocenters. The van der Waals surface area contributed by atoms with Crippen LogP contribution in [0.15, 0.2) is 34.5 Å². The van der Waals surface area contributed by atoms with Crippen molar-refractivity contribution in [1.29, 1.82) is 0 Å². The number of benzene rings is 1. The summed E-state index contributed by atoms with van der Waals surface area (Å²) in [5.74, 6) is -0.368. The van der Waals surface area contributed by atoms with E-state index in [-0.39, 0.29) is 16.4 Å². The SMILES string of the molecule is O=C(Nc1nc(CN2CCCCC2)cs1)c1cccc(S(=O)(=O)N2CCOCC2)c1. The van der Waals surface area contributed by atoms with Gasteiger partial charge in [-0.2, -0.15) is 4.31 Å². The van der Waals surface area contributed by atoms with Gasteiger partial charge >= 0.3 is 0 Å². The number of amides is 1. The van der Waals surface area contributed by atoms with Crippen molar-refractivity contribution in [3.8, 4) is 0 Å². The molecule has 0 saturated carbocycles. The Bertz CT molecular complexity index is 980. The van der Waals surface area contributed by atoms with Crippen LogP contribution in [0.2, 0.25) is 0 Å². The summed E-state index contributed by atoms with van der Waals surface area (Å²) in [6.45, 7) is 4.36. The van der Waals surface area contributed by atoms with Crippen molar-refractivity contribution < 1.29 is 17.9 Å². The molecule has 8 nitrogen and oxygen atoms in total. The summed E-state index contributed by atoms with van der Waals surface area (Å²) in [6, 6.07) is 6.13. The van der Waals surface area contributed by atoms with E-state index in [2.05, 4.69) is 15.2 Å². The van der Waals surface area contributed by atoms with Gasteiger partial charge in [0.05, 0.1) is 23.8 Å². The molecule has 2 aromatic rings. The number of carbonyl (C=O) groups is 1. The summed E-state index contributed by atoms with van der Waals surface area (Å²) in [7, 11) is -3.65. The monoisotopic (exact) mass is 450 g/mol. The maximum absolute atomic E-state index is 12.8. The number of nitrogens with one attached hydrogen (secondary N) is 1. The van der Waals surface area contributed by atoms with Crippen molar-refractivity contribution in [2.75, 3.05) is 44.7 Å². The van der Waals surface area contributed by atoms with Gasteiger partial charge in [0, 0.05) is 30.6 Å². The fourth-order valence-electron chi connectivity index (χ4n) is 3.69. The lowest BCUT2D eigenvalue weighted by atomic mass is 10.1. The highest BCUT2D eigenvalue weighted by atomic mass is 32.2. The van der Waals surface area contributed by atoms with Gasteiger partial charge in [0.1, 0.15) is 0 Å². The van der Waals surface area contributed by atoms with Gasteiger partial charge in [0.25, 0.3) is 5.91 Å². The van der Waals surface area contributed by atoms with Crippen LogP contribution in [-0.2, 0) is 21.3 Å². The Hall–Kier alpha value is -1.85. The van der Waals surface area contributed by atoms with E-state index < -0.39 is 10.0 Å². The van der Waals surface area contributed by atoms with Crippen LogP contribution in [0.3, 0.4) is 0 Å². The molecule has 30 heavy (non-hydrogen) atoms. The average Bonchev–Trinajstić information content (AvgIpc) is 3.21. The highest BCUT2D eigenvalue weighted by molar-refractivity contribution is 7.89. The zero-order valence-electron chi connectivity index (χ0n) is 16.7. The third kappa shape index (κ3) is 5.06. The Labute approximate surface area is 180 Å². The standard InChI is InChI=1S/C20H26N4O4S2/c25-19(22-20-21-17(15-29-20)14-23-7-2-1-3-8-23)16-5-4-6-18(13-16)30(26,27)24-9-11-28-12-10-24/h4-6,13,15H,1-3,7-12,14H2,(H,21,22,25). The zero-order chi connectivity index (χ0) is 21.0. The minimum Gasteiger partial charge on any atom is -0.379 e. The van der Waals surface area contributed by atoms with Gasteiger partial charge < -0.3 is 4.74 Å². The number of likely N-dealkylation sites (tertiary alicyclic amines) is 1. The third-order valence-electron chi connectivity index (χ3n) is 5.31. The molecule has 2 saturated heterocycles. The molecule has 162 valence electrons. The van der Waals surface area contributed by atoms with Gasteiger partial charge in [0.2, 0.25) is 10.0 Å². The van der Waals surface area contributed by atoms with Gasteiger partial charge in [0.15, 0.2) is 5.13 Å². The first-order valence-electron chi connectivity index (χ1n) is 10.2. The fourth-order valence-corrected chi connectivity index (χ4v) is 5.84. The molecular weight excluding hydrogens is 424 g/mol. The molecular formula is C20H26N4O4S2. The minimum absolute atomic E-state index is 0.113. The predicted molar refractivity (Wildman–Crippen MR) is 115 cm³/mol. The quantitative estimate of drug-likeness (QED) is 0.727. The number of anilines is 1. The minimum atomic E-state index is -3.65. The largest absolute Gasteiger partial charge is 0.379 e. The molecule has 2 aliphatic heterocycles. The topological polar surface area (TPSA) is 91.8 Å². The van der Waals surface area contributed by atoms with Crippen molar-refractivity contribution >= 4 is 32.4 Å². The lowest BCUT2D eigenvalue weighted by molar-refractivity contribution is 0.0730. The number of nitrogens with zero attached hydrogens (tertiary/aromatic N) is 3. The van der Waals surface area contributed by atoms with Crippen LogP contribution in [0.25, 0.3) is 0 Å².